The number of halogens is 1. The van der Waals surface area contributed by atoms with E-state index in [1.165, 1.54) is 5.57 Å². The molecule has 0 aromatic carbocycles. The SMILES string of the molecule is CC1C=C(c2cncc(Cl)c2)CN(CC2(O)COC2)C1. The predicted molar refractivity (Wildman–Crippen MR) is 78.6 cm³/mol. The Labute approximate surface area is 124 Å². The van der Waals surface area contributed by atoms with E-state index in [1.54, 1.807) is 6.20 Å². The summed E-state index contributed by atoms with van der Waals surface area (Å²) < 4.78 is 5.11. The lowest BCUT2D eigenvalue weighted by Gasteiger charge is -2.42. The average molecular weight is 295 g/mol. The van der Waals surface area contributed by atoms with E-state index < -0.39 is 5.60 Å². The van der Waals surface area contributed by atoms with E-state index in [1.807, 2.05) is 12.3 Å². The maximum Gasteiger partial charge on any atom is 0.124 e. The first kappa shape index (κ1) is 14.0. The van der Waals surface area contributed by atoms with Crippen LogP contribution in [-0.4, -0.2) is 53.4 Å². The largest absolute Gasteiger partial charge is 0.384 e. The van der Waals surface area contributed by atoms with Gasteiger partial charge >= 0.3 is 0 Å². The van der Waals surface area contributed by atoms with E-state index in [0.29, 0.717) is 30.7 Å². The second-order valence-electron chi connectivity index (χ2n) is 5.95. The van der Waals surface area contributed by atoms with Crippen LogP contribution in [0.5, 0.6) is 0 Å². The molecule has 3 heterocycles. The molecule has 1 N–H and O–H groups in total. The number of β-amino-alcohol motifs (C(OH)–C–C–N with tert-alkyl or cyclic N) is 1. The van der Waals surface area contributed by atoms with Gasteiger partial charge in [-0.15, -0.1) is 0 Å². The molecule has 0 saturated carbocycles. The summed E-state index contributed by atoms with van der Waals surface area (Å²) in [6.45, 7) is 5.49. The second kappa shape index (κ2) is 5.45. The Morgan fingerprint density at radius 3 is 2.95 bits per heavy atom. The van der Waals surface area contributed by atoms with Gasteiger partial charge < -0.3 is 9.84 Å². The van der Waals surface area contributed by atoms with Crippen molar-refractivity contribution < 1.29 is 9.84 Å². The smallest absolute Gasteiger partial charge is 0.124 e. The minimum absolute atomic E-state index is 0.440. The molecule has 5 heteroatoms. The molecule has 4 nitrogen and oxygen atoms in total. The van der Waals surface area contributed by atoms with Gasteiger partial charge in [-0.3, -0.25) is 9.88 Å². The summed E-state index contributed by atoms with van der Waals surface area (Å²) in [5, 5.41) is 10.9. The first-order valence-corrected chi connectivity index (χ1v) is 7.26. The molecule has 0 amide bonds. The molecule has 1 unspecified atom stereocenters. The van der Waals surface area contributed by atoms with Crippen LogP contribution in [0.25, 0.3) is 5.57 Å². The van der Waals surface area contributed by atoms with Crippen molar-refractivity contribution in [3.8, 4) is 0 Å². The molecule has 108 valence electrons. The topological polar surface area (TPSA) is 45.6 Å². The van der Waals surface area contributed by atoms with Crippen molar-refractivity contribution in [3.05, 3.63) is 35.1 Å². The Morgan fingerprint density at radius 1 is 1.50 bits per heavy atom. The molecule has 2 aliphatic heterocycles. The minimum atomic E-state index is -0.672. The zero-order valence-corrected chi connectivity index (χ0v) is 12.3. The molecule has 1 fully saturated rings. The van der Waals surface area contributed by atoms with E-state index in [9.17, 15) is 5.11 Å². The molecule has 3 rings (SSSR count). The molecule has 1 aromatic heterocycles. The fraction of sp³-hybridized carbons (Fsp3) is 0.533. The molecule has 1 atom stereocenters. The van der Waals surface area contributed by atoms with Crippen LogP contribution in [0.4, 0.5) is 0 Å². The summed E-state index contributed by atoms with van der Waals surface area (Å²) in [6, 6.07) is 1.94. The van der Waals surface area contributed by atoms with Crippen molar-refractivity contribution >= 4 is 17.2 Å². The molecule has 0 aliphatic carbocycles. The molecular weight excluding hydrogens is 276 g/mol. The van der Waals surface area contributed by atoms with Crippen LogP contribution in [-0.2, 0) is 4.74 Å². The Morgan fingerprint density at radius 2 is 2.30 bits per heavy atom. The maximum atomic E-state index is 10.2. The van der Waals surface area contributed by atoms with Crippen molar-refractivity contribution in [2.24, 2.45) is 5.92 Å². The summed E-state index contributed by atoms with van der Waals surface area (Å²) in [5.41, 5.74) is 1.61. The Kier molecular flexibility index (Phi) is 3.82. The number of rotatable bonds is 3. The second-order valence-corrected chi connectivity index (χ2v) is 6.38. The van der Waals surface area contributed by atoms with Crippen LogP contribution in [0, 0.1) is 5.92 Å². The van der Waals surface area contributed by atoms with E-state index in [0.717, 1.165) is 18.7 Å². The van der Waals surface area contributed by atoms with Gasteiger partial charge in [0.1, 0.15) is 5.60 Å². The number of aromatic nitrogens is 1. The monoisotopic (exact) mass is 294 g/mol. The molecule has 0 bridgehead atoms. The van der Waals surface area contributed by atoms with E-state index in [4.69, 9.17) is 16.3 Å². The summed E-state index contributed by atoms with van der Waals surface area (Å²) >= 11 is 6.02. The highest BCUT2D eigenvalue weighted by atomic mass is 35.5. The fourth-order valence-electron chi connectivity index (χ4n) is 2.90. The lowest BCUT2D eigenvalue weighted by molar-refractivity contribution is -0.186. The van der Waals surface area contributed by atoms with Gasteiger partial charge in [0.15, 0.2) is 0 Å². The number of hydrogen-bond donors (Lipinski definition) is 1. The number of hydrogen-bond acceptors (Lipinski definition) is 4. The number of pyridine rings is 1. The van der Waals surface area contributed by atoms with Crippen LogP contribution >= 0.6 is 11.6 Å². The van der Waals surface area contributed by atoms with Gasteiger partial charge in [-0.25, -0.2) is 0 Å². The zero-order valence-electron chi connectivity index (χ0n) is 11.6. The standard InChI is InChI=1S/C15H19ClN2O2/c1-11-2-13(12-3-14(16)5-17-4-12)7-18(6-11)8-15(19)9-20-10-15/h2-5,11,19H,6-10H2,1H3. The molecule has 1 aromatic rings. The Hall–Kier alpha value is -0.940. The van der Waals surface area contributed by atoms with Crippen LogP contribution in [0.2, 0.25) is 5.02 Å². The van der Waals surface area contributed by atoms with E-state index in [2.05, 4.69) is 22.9 Å². The van der Waals surface area contributed by atoms with Crippen LogP contribution in [0.3, 0.4) is 0 Å². The number of aliphatic hydroxyl groups is 1. The zero-order chi connectivity index (χ0) is 14.2. The summed E-state index contributed by atoms with van der Waals surface area (Å²) in [4.78, 5) is 6.43. The lowest BCUT2D eigenvalue weighted by atomic mass is 9.94. The summed E-state index contributed by atoms with van der Waals surface area (Å²) in [5.74, 6) is 0.447. The first-order valence-electron chi connectivity index (χ1n) is 6.88. The van der Waals surface area contributed by atoms with Gasteiger partial charge in [0.25, 0.3) is 0 Å². The van der Waals surface area contributed by atoms with E-state index >= 15 is 0 Å². The highest BCUT2D eigenvalue weighted by molar-refractivity contribution is 6.30. The average Bonchev–Trinajstić information content (AvgIpc) is 2.36. The molecule has 1 saturated heterocycles. The van der Waals surface area contributed by atoms with Gasteiger partial charge in [-0.2, -0.15) is 0 Å². The van der Waals surface area contributed by atoms with Crippen LogP contribution < -0.4 is 0 Å². The van der Waals surface area contributed by atoms with Crippen molar-refractivity contribution in [1.29, 1.82) is 0 Å². The van der Waals surface area contributed by atoms with Crippen LogP contribution in [0.1, 0.15) is 12.5 Å². The number of ether oxygens (including phenoxy) is 1. The summed E-state index contributed by atoms with van der Waals surface area (Å²) in [7, 11) is 0. The van der Waals surface area contributed by atoms with Crippen molar-refractivity contribution in [1.82, 2.24) is 9.88 Å². The quantitative estimate of drug-likeness (QED) is 0.924. The van der Waals surface area contributed by atoms with Crippen molar-refractivity contribution in [3.63, 3.8) is 0 Å². The lowest BCUT2D eigenvalue weighted by Crippen LogP contribution is -2.58. The van der Waals surface area contributed by atoms with Gasteiger partial charge in [0, 0.05) is 32.0 Å². The van der Waals surface area contributed by atoms with Crippen LogP contribution in [0.15, 0.2) is 24.5 Å². The maximum absolute atomic E-state index is 10.2. The van der Waals surface area contributed by atoms with Crippen molar-refractivity contribution in [2.75, 3.05) is 32.8 Å². The minimum Gasteiger partial charge on any atom is -0.384 e. The van der Waals surface area contributed by atoms with Gasteiger partial charge in [-0.1, -0.05) is 24.6 Å². The normalized spacial score (nSPS) is 25.9. The van der Waals surface area contributed by atoms with Gasteiger partial charge in [-0.05, 0) is 23.1 Å². The Bertz CT molecular complexity index is 528. The molecule has 0 radical (unpaired) electrons. The predicted octanol–water partition coefficient (Wildman–Crippen LogP) is 1.83. The summed E-state index contributed by atoms with van der Waals surface area (Å²) in [6.07, 6.45) is 5.75. The van der Waals surface area contributed by atoms with E-state index in [-0.39, 0.29) is 0 Å². The third-order valence-electron chi connectivity index (χ3n) is 3.76. The highest BCUT2D eigenvalue weighted by Gasteiger charge is 2.38. The third kappa shape index (κ3) is 3.04. The molecular formula is C15H19ClN2O2. The number of nitrogens with zero attached hydrogens (tertiary/aromatic N) is 2. The molecule has 0 spiro atoms. The van der Waals surface area contributed by atoms with Gasteiger partial charge in [0.05, 0.1) is 18.2 Å². The Balaban J connectivity index is 1.75. The van der Waals surface area contributed by atoms with Crippen molar-refractivity contribution in [2.45, 2.75) is 12.5 Å². The first-order chi connectivity index (χ1) is 9.54. The molecule has 2 aliphatic rings. The third-order valence-corrected chi connectivity index (χ3v) is 3.97. The fourth-order valence-corrected chi connectivity index (χ4v) is 3.08. The van der Waals surface area contributed by atoms with Gasteiger partial charge in [0.2, 0.25) is 0 Å². The highest BCUT2D eigenvalue weighted by Crippen LogP contribution is 2.27. The molecule has 20 heavy (non-hydrogen) atoms.